The molecular weight excluding hydrogens is 192 g/mol. The largest absolute Gasteiger partial charge is 0.379 e. The molecule has 1 aliphatic heterocycles. The van der Waals surface area contributed by atoms with Gasteiger partial charge in [-0.3, -0.25) is 4.79 Å². The molecule has 0 aromatic rings. The van der Waals surface area contributed by atoms with Crippen molar-refractivity contribution < 1.29 is 9.53 Å². The fourth-order valence-corrected chi connectivity index (χ4v) is 2.06. The normalized spacial score (nSPS) is 36.3. The molecule has 1 saturated heterocycles. The highest BCUT2D eigenvalue weighted by Gasteiger charge is 2.44. The van der Waals surface area contributed by atoms with E-state index in [0.29, 0.717) is 19.1 Å². The van der Waals surface area contributed by atoms with Gasteiger partial charge in [0, 0.05) is 12.6 Å². The molecule has 2 unspecified atom stereocenters. The molecule has 0 spiro atoms. The maximum Gasteiger partial charge on any atom is 0.229 e. The quantitative estimate of drug-likeness (QED) is 0.705. The first-order chi connectivity index (χ1) is 7.13. The van der Waals surface area contributed by atoms with E-state index < -0.39 is 5.41 Å². The minimum absolute atomic E-state index is 0.0550. The lowest BCUT2D eigenvalue weighted by atomic mass is 9.83. The predicted molar refractivity (Wildman–Crippen MR) is 57.3 cm³/mol. The van der Waals surface area contributed by atoms with Gasteiger partial charge in [0.2, 0.25) is 5.91 Å². The van der Waals surface area contributed by atoms with Crippen LogP contribution in [0.3, 0.4) is 0 Å². The Bertz CT molecular complexity index is 253. The van der Waals surface area contributed by atoms with Gasteiger partial charge in [-0.15, -0.1) is 0 Å². The Morgan fingerprint density at radius 3 is 2.80 bits per heavy atom. The highest BCUT2D eigenvalue weighted by Crippen LogP contribution is 2.28. The van der Waals surface area contributed by atoms with E-state index in [1.165, 1.54) is 19.3 Å². The molecule has 1 saturated carbocycles. The van der Waals surface area contributed by atoms with Gasteiger partial charge in [-0.05, 0) is 25.7 Å². The molecule has 4 nitrogen and oxygen atoms in total. The average Bonchev–Trinajstić information content (AvgIpc) is 2.45. The molecule has 1 amide bonds. The Kier molecular flexibility index (Phi) is 2.98. The third kappa shape index (κ3) is 2.01. The van der Waals surface area contributed by atoms with Crippen molar-refractivity contribution in [3.05, 3.63) is 0 Å². The summed E-state index contributed by atoms with van der Waals surface area (Å²) in [6.07, 6.45) is 3.81. The number of nitrogens with one attached hydrogen (secondary N) is 1. The molecule has 1 aliphatic carbocycles. The van der Waals surface area contributed by atoms with Gasteiger partial charge in [0.15, 0.2) is 0 Å². The Hall–Kier alpha value is -0.610. The van der Waals surface area contributed by atoms with E-state index in [1.807, 2.05) is 6.92 Å². The zero-order valence-electron chi connectivity index (χ0n) is 9.29. The number of amides is 1. The molecular formula is C11H20N2O2. The van der Waals surface area contributed by atoms with Crippen LogP contribution >= 0.6 is 0 Å². The molecule has 0 bridgehead atoms. The highest BCUT2D eigenvalue weighted by atomic mass is 16.5. The summed E-state index contributed by atoms with van der Waals surface area (Å²) in [6.45, 7) is 3.64. The van der Waals surface area contributed by atoms with Crippen LogP contribution in [0.1, 0.15) is 26.2 Å². The first-order valence-corrected chi connectivity index (χ1v) is 5.74. The molecule has 0 aromatic heterocycles. The van der Waals surface area contributed by atoms with Crippen molar-refractivity contribution >= 4 is 5.91 Å². The number of rotatable bonds is 3. The van der Waals surface area contributed by atoms with E-state index in [4.69, 9.17) is 10.5 Å². The van der Waals surface area contributed by atoms with Crippen LogP contribution in [0.5, 0.6) is 0 Å². The number of carbonyl (C=O) groups is 1. The van der Waals surface area contributed by atoms with Crippen molar-refractivity contribution in [2.24, 2.45) is 17.1 Å². The standard InChI is InChI=1S/C11H20N2O2/c1-11(7-15-6-9(11)12)10(14)13-5-8-3-2-4-8/h8-9H,2-7,12H2,1H3,(H,13,14). The summed E-state index contributed by atoms with van der Waals surface area (Å²) in [5, 5.41) is 3.00. The summed E-state index contributed by atoms with van der Waals surface area (Å²) in [5.41, 5.74) is 5.36. The van der Waals surface area contributed by atoms with Crippen LogP contribution in [-0.4, -0.2) is 31.7 Å². The first-order valence-electron chi connectivity index (χ1n) is 5.74. The number of hydrogen-bond donors (Lipinski definition) is 2. The lowest BCUT2D eigenvalue weighted by Crippen LogP contribution is -2.51. The van der Waals surface area contributed by atoms with Crippen LogP contribution in [0.4, 0.5) is 0 Å². The Labute approximate surface area is 90.5 Å². The lowest BCUT2D eigenvalue weighted by molar-refractivity contribution is -0.131. The van der Waals surface area contributed by atoms with Crippen LogP contribution in [0.25, 0.3) is 0 Å². The van der Waals surface area contributed by atoms with E-state index in [2.05, 4.69) is 5.32 Å². The molecule has 0 radical (unpaired) electrons. The summed E-state index contributed by atoms with van der Waals surface area (Å²) >= 11 is 0. The molecule has 15 heavy (non-hydrogen) atoms. The van der Waals surface area contributed by atoms with Gasteiger partial charge in [0.25, 0.3) is 0 Å². The molecule has 2 atom stereocenters. The van der Waals surface area contributed by atoms with E-state index in [0.717, 1.165) is 6.54 Å². The van der Waals surface area contributed by atoms with Crippen LogP contribution in [0.15, 0.2) is 0 Å². The Morgan fingerprint density at radius 2 is 2.33 bits per heavy atom. The molecule has 3 N–H and O–H groups in total. The van der Waals surface area contributed by atoms with Crippen LogP contribution in [-0.2, 0) is 9.53 Å². The van der Waals surface area contributed by atoms with E-state index in [9.17, 15) is 4.79 Å². The predicted octanol–water partition coefficient (Wildman–Crippen LogP) is 0.267. The minimum Gasteiger partial charge on any atom is -0.379 e. The SMILES string of the molecule is CC1(C(=O)NCC2CCC2)COCC1N. The van der Waals surface area contributed by atoms with Crippen LogP contribution < -0.4 is 11.1 Å². The van der Waals surface area contributed by atoms with E-state index in [-0.39, 0.29) is 11.9 Å². The van der Waals surface area contributed by atoms with Gasteiger partial charge >= 0.3 is 0 Å². The molecule has 2 fully saturated rings. The first kappa shape index (κ1) is 10.9. The van der Waals surface area contributed by atoms with Crippen molar-refractivity contribution in [2.45, 2.75) is 32.2 Å². The van der Waals surface area contributed by atoms with E-state index in [1.54, 1.807) is 0 Å². The van der Waals surface area contributed by atoms with Crippen molar-refractivity contribution in [2.75, 3.05) is 19.8 Å². The maximum atomic E-state index is 12.0. The minimum atomic E-state index is -0.524. The number of nitrogens with two attached hydrogens (primary N) is 1. The third-order valence-electron chi connectivity index (χ3n) is 3.81. The number of ether oxygens (including phenoxy) is 1. The molecule has 1 heterocycles. The topological polar surface area (TPSA) is 64.3 Å². The highest BCUT2D eigenvalue weighted by molar-refractivity contribution is 5.83. The summed E-state index contributed by atoms with van der Waals surface area (Å²) in [7, 11) is 0. The molecule has 0 aromatic carbocycles. The number of carbonyl (C=O) groups excluding carboxylic acids is 1. The third-order valence-corrected chi connectivity index (χ3v) is 3.81. The second-order valence-electron chi connectivity index (χ2n) is 5.05. The number of hydrogen-bond acceptors (Lipinski definition) is 3. The van der Waals surface area contributed by atoms with Gasteiger partial charge in [0.05, 0.1) is 18.6 Å². The summed E-state index contributed by atoms with van der Waals surface area (Å²) in [4.78, 5) is 12.0. The smallest absolute Gasteiger partial charge is 0.229 e. The Balaban J connectivity index is 1.83. The van der Waals surface area contributed by atoms with E-state index >= 15 is 0 Å². The average molecular weight is 212 g/mol. The fourth-order valence-electron chi connectivity index (χ4n) is 2.06. The van der Waals surface area contributed by atoms with Gasteiger partial charge in [-0.1, -0.05) is 6.42 Å². The fraction of sp³-hybridized carbons (Fsp3) is 0.909. The zero-order chi connectivity index (χ0) is 10.9. The van der Waals surface area contributed by atoms with Crippen molar-refractivity contribution in [3.63, 3.8) is 0 Å². The Morgan fingerprint density at radius 1 is 1.60 bits per heavy atom. The molecule has 2 aliphatic rings. The van der Waals surface area contributed by atoms with Gasteiger partial charge in [0.1, 0.15) is 0 Å². The summed E-state index contributed by atoms with van der Waals surface area (Å²) in [6, 6.07) is -0.168. The lowest BCUT2D eigenvalue weighted by Gasteiger charge is -2.29. The second kappa shape index (κ2) is 4.10. The van der Waals surface area contributed by atoms with Crippen LogP contribution in [0.2, 0.25) is 0 Å². The van der Waals surface area contributed by atoms with Gasteiger partial charge in [-0.25, -0.2) is 0 Å². The monoisotopic (exact) mass is 212 g/mol. The maximum absolute atomic E-state index is 12.0. The molecule has 2 rings (SSSR count). The second-order valence-corrected chi connectivity index (χ2v) is 5.05. The van der Waals surface area contributed by atoms with Gasteiger partial charge in [-0.2, -0.15) is 0 Å². The van der Waals surface area contributed by atoms with Crippen molar-refractivity contribution in [3.8, 4) is 0 Å². The van der Waals surface area contributed by atoms with Crippen LogP contribution in [0, 0.1) is 11.3 Å². The van der Waals surface area contributed by atoms with Gasteiger partial charge < -0.3 is 15.8 Å². The van der Waals surface area contributed by atoms with Crippen molar-refractivity contribution in [1.82, 2.24) is 5.32 Å². The molecule has 4 heteroatoms. The zero-order valence-corrected chi connectivity index (χ0v) is 9.29. The van der Waals surface area contributed by atoms with Crippen molar-refractivity contribution in [1.29, 1.82) is 0 Å². The summed E-state index contributed by atoms with van der Waals surface area (Å²) in [5.74, 6) is 0.746. The molecule has 86 valence electrons. The summed E-state index contributed by atoms with van der Waals surface area (Å²) < 4.78 is 5.25.